The summed E-state index contributed by atoms with van der Waals surface area (Å²) < 4.78 is 6.29. The maximum absolute atomic E-state index is 9.74. The van der Waals surface area contributed by atoms with E-state index in [2.05, 4.69) is 79.7 Å². The molecule has 1 aromatic heterocycles. The third-order valence-corrected chi connectivity index (χ3v) is 9.17. The summed E-state index contributed by atoms with van der Waals surface area (Å²) >= 11 is 7.53. The summed E-state index contributed by atoms with van der Waals surface area (Å²) in [5.41, 5.74) is 1.73. The van der Waals surface area contributed by atoms with Crippen LogP contribution in [0.1, 0.15) is 103 Å². The molecule has 9 heteroatoms. The zero-order valence-corrected chi connectivity index (χ0v) is 28.8. The Kier molecular flexibility index (Phi) is 16.6. The molecule has 44 heavy (non-hydrogen) atoms. The summed E-state index contributed by atoms with van der Waals surface area (Å²) in [5, 5.41) is 28.3. The van der Waals surface area contributed by atoms with Crippen LogP contribution in [0.4, 0.5) is 16.4 Å². The molecule has 0 aliphatic carbocycles. The summed E-state index contributed by atoms with van der Waals surface area (Å²) in [6.45, 7) is 23.0. The average Bonchev–Trinajstić information content (AvgIpc) is 3.33. The maximum Gasteiger partial charge on any atom is 0.263 e. The van der Waals surface area contributed by atoms with Gasteiger partial charge in [-0.25, -0.2) is 10.1 Å². The lowest BCUT2D eigenvalue weighted by Gasteiger charge is -2.33. The number of benzene rings is 1. The van der Waals surface area contributed by atoms with E-state index in [0.29, 0.717) is 45.7 Å². The summed E-state index contributed by atoms with van der Waals surface area (Å²) in [4.78, 5) is 6.16. The van der Waals surface area contributed by atoms with E-state index in [4.69, 9.17) is 28.2 Å². The standard InChI is InChI=1S/C35H47ClN6OS/c1-8-12-14-26(10-3)22-42(23-27(11-4)15-13-9-2)29-16-17-31(32(19-29)43-24-25(5)6)40-41-35-30(21-38)34(36)33(44-35)18-28(20-37)39-7/h16-19,25-27H,8-15,22-24H2,1-6H3/b28-18+,41-40?. The third kappa shape index (κ3) is 11.3. The lowest BCUT2D eigenvalue weighted by Crippen LogP contribution is -2.34. The highest BCUT2D eigenvalue weighted by Crippen LogP contribution is 2.42. The van der Waals surface area contributed by atoms with Crippen LogP contribution in [0.5, 0.6) is 5.75 Å². The second-order valence-corrected chi connectivity index (χ2v) is 13.0. The second kappa shape index (κ2) is 19.8. The number of anilines is 1. The van der Waals surface area contributed by atoms with E-state index in [0.717, 1.165) is 43.0 Å². The van der Waals surface area contributed by atoms with Gasteiger partial charge in [0.05, 0.1) is 24.3 Å². The highest BCUT2D eigenvalue weighted by molar-refractivity contribution is 7.17. The fourth-order valence-corrected chi connectivity index (χ4v) is 6.15. The van der Waals surface area contributed by atoms with Gasteiger partial charge >= 0.3 is 0 Å². The van der Waals surface area contributed by atoms with E-state index >= 15 is 0 Å². The van der Waals surface area contributed by atoms with Crippen LogP contribution >= 0.6 is 22.9 Å². The van der Waals surface area contributed by atoms with Crippen molar-refractivity contribution in [3.63, 3.8) is 0 Å². The van der Waals surface area contributed by atoms with Crippen molar-refractivity contribution in [1.82, 2.24) is 0 Å². The molecule has 0 aliphatic heterocycles. The Morgan fingerprint density at radius 3 is 2.20 bits per heavy atom. The molecule has 1 aromatic carbocycles. The lowest BCUT2D eigenvalue weighted by atomic mass is 9.95. The van der Waals surface area contributed by atoms with Crippen LogP contribution in [0.25, 0.3) is 10.9 Å². The Bertz CT molecular complexity index is 1340. The van der Waals surface area contributed by atoms with Crippen molar-refractivity contribution < 1.29 is 4.74 Å². The van der Waals surface area contributed by atoms with E-state index in [1.54, 1.807) is 0 Å². The Morgan fingerprint density at radius 1 is 1.07 bits per heavy atom. The molecule has 1 heterocycles. The molecular formula is C35H47ClN6OS. The molecule has 0 saturated heterocycles. The first-order chi connectivity index (χ1) is 21.2. The maximum atomic E-state index is 9.74. The number of hydrogen-bond donors (Lipinski definition) is 0. The summed E-state index contributed by atoms with van der Waals surface area (Å²) in [6.07, 6.45) is 11.0. The predicted octanol–water partition coefficient (Wildman–Crippen LogP) is 11.7. The van der Waals surface area contributed by atoms with Crippen LogP contribution in [0, 0.1) is 47.0 Å². The molecular weight excluding hydrogens is 588 g/mol. The Balaban J connectivity index is 2.54. The molecule has 7 nitrogen and oxygen atoms in total. The Labute approximate surface area is 274 Å². The number of ether oxygens (including phenoxy) is 1. The van der Waals surface area contributed by atoms with Crippen molar-refractivity contribution in [2.45, 2.75) is 92.9 Å². The van der Waals surface area contributed by atoms with Crippen molar-refractivity contribution >= 4 is 45.4 Å². The third-order valence-electron chi connectivity index (χ3n) is 7.64. The molecule has 0 radical (unpaired) electrons. The SMILES string of the molecule is [C-]#[N+]/C(C#N)=C/c1sc(N=Nc2ccc(N(CC(CC)CCCC)CC(CC)CCCC)cc2OCC(C)C)c(C#N)c1Cl. The molecule has 0 bridgehead atoms. The predicted molar refractivity (Wildman–Crippen MR) is 184 cm³/mol. The van der Waals surface area contributed by atoms with Gasteiger partial charge in [0.2, 0.25) is 0 Å². The molecule has 0 N–H and O–H groups in total. The normalized spacial score (nSPS) is 13.0. The van der Waals surface area contributed by atoms with E-state index in [1.165, 1.54) is 44.6 Å². The highest BCUT2D eigenvalue weighted by atomic mass is 35.5. The molecule has 0 aliphatic rings. The number of unbranched alkanes of at least 4 members (excludes halogenated alkanes) is 2. The minimum atomic E-state index is -0.120. The minimum absolute atomic E-state index is 0.120. The number of hydrogen-bond acceptors (Lipinski definition) is 7. The van der Waals surface area contributed by atoms with Crippen molar-refractivity contribution in [3.05, 3.63) is 50.8 Å². The molecule has 236 valence electrons. The van der Waals surface area contributed by atoms with Crippen LogP contribution in [0.3, 0.4) is 0 Å². The smallest absolute Gasteiger partial charge is 0.263 e. The Hall–Kier alpha value is -3.38. The summed E-state index contributed by atoms with van der Waals surface area (Å²) in [5.74, 6) is 2.22. The minimum Gasteiger partial charge on any atom is -0.491 e. The van der Waals surface area contributed by atoms with E-state index < -0.39 is 0 Å². The average molecular weight is 635 g/mol. The fourth-order valence-electron chi connectivity index (χ4n) is 4.89. The quantitative estimate of drug-likeness (QED) is 0.0873. The van der Waals surface area contributed by atoms with Gasteiger partial charge in [0, 0.05) is 29.7 Å². The van der Waals surface area contributed by atoms with Gasteiger partial charge < -0.3 is 9.64 Å². The number of allylic oxidation sites excluding steroid dienone is 1. The highest BCUT2D eigenvalue weighted by Gasteiger charge is 2.20. The first-order valence-corrected chi connectivity index (χ1v) is 17.1. The number of azo groups is 1. The van der Waals surface area contributed by atoms with Gasteiger partial charge in [-0.05, 0) is 48.8 Å². The Morgan fingerprint density at radius 2 is 1.70 bits per heavy atom. The fraction of sp³-hybridized carbons (Fsp3) is 0.571. The van der Waals surface area contributed by atoms with E-state index in [1.807, 2.05) is 12.1 Å². The van der Waals surface area contributed by atoms with Crippen LogP contribution in [0.15, 0.2) is 34.1 Å². The zero-order valence-electron chi connectivity index (χ0n) is 27.2. The molecule has 2 aromatic rings. The van der Waals surface area contributed by atoms with Gasteiger partial charge in [-0.2, -0.15) is 5.26 Å². The van der Waals surface area contributed by atoms with Crippen LogP contribution in [-0.2, 0) is 0 Å². The van der Waals surface area contributed by atoms with Crippen molar-refractivity contribution in [2.24, 2.45) is 28.0 Å². The van der Waals surface area contributed by atoms with Crippen LogP contribution in [-0.4, -0.2) is 19.7 Å². The van der Waals surface area contributed by atoms with Crippen molar-refractivity contribution in [2.75, 3.05) is 24.6 Å². The van der Waals surface area contributed by atoms with Crippen LogP contribution in [0.2, 0.25) is 5.02 Å². The van der Waals surface area contributed by atoms with Gasteiger partial charge in [0.15, 0.2) is 5.00 Å². The molecule has 0 amide bonds. The molecule has 2 unspecified atom stereocenters. The monoisotopic (exact) mass is 634 g/mol. The molecule has 2 atom stereocenters. The molecule has 0 saturated carbocycles. The van der Waals surface area contributed by atoms with E-state index in [-0.39, 0.29) is 16.3 Å². The van der Waals surface area contributed by atoms with Gasteiger partial charge in [-0.1, -0.05) is 91.7 Å². The number of halogens is 1. The van der Waals surface area contributed by atoms with Gasteiger partial charge in [-0.15, -0.1) is 21.6 Å². The topological polar surface area (TPSA) is 89.1 Å². The number of thiophene rings is 1. The summed E-state index contributed by atoms with van der Waals surface area (Å²) in [6, 6.07) is 10.0. The van der Waals surface area contributed by atoms with Crippen LogP contribution < -0.4 is 9.64 Å². The van der Waals surface area contributed by atoms with Gasteiger partial charge in [-0.3, -0.25) is 0 Å². The molecule has 0 fully saturated rings. The first kappa shape index (κ1) is 36.8. The van der Waals surface area contributed by atoms with Gasteiger partial charge in [0.25, 0.3) is 5.70 Å². The largest absolute Gasteiger partial charge is 0.491 e. The second-order valence-electron chi connectivity index (χ2n) is 11.6. The molecule has 2 rings (SSSR count). The first-order valence-electron chi connectivity index (χ1n) is 15.9. The zero-order chi connectivity index (χ0) is 32.5. The lowest BCUT2D eigenvalue weighted by molar-refractivity contribution is 0.272. The number of rotatable bonds is 19. The van der Waals surface area contributed by atoms with Crippen molar-refractivity contribution in [3.8, 4) is 17.9 Å². The van der Waals surface area contributed by atoms with Crippen molar-refractivity contribution in [1.29, 1.82) is 10.5 Å². The number of nitrogens with zero attached hydrogens (tertiary/aromatic N) is 6. The van der Waals surface area contributed by atoms with E-state index in [9.17, 15) is 5.26 Å². The van der Waals surface area contributed by atoms with Gasteiger partial charge in [0.1, 0.15) is 23.1 Å². The number of nitriles is 2. The summed E-state index contributed by atoms with van der Waals surface area (Å²) in [7, 11) is 0. The molecule has 0 spiro atoms.